The van der Waals surface area contributed by atoms with Crippen molar-refractivity contribution in [3.8, 4) is 0 Å². The molecule has 0 aliphatic rings. The van der Waals surface area contributed by atoms with E-state index in [2.05, 4.69) is 21.2 Å². The van der Waals surface area contributed by atoms with Gasteiger partial charge in [0.1, 0.15) is 0 Å². The van der Waals surface area contributed by atoms with Gasteiger partial charge in [-0.05, 0) is 24.1 Å². The van der Waals surface area contributed by atoms with Crippen LogP contribution in [-0.4, -0.2) is 12.5 Å². The molecule has 0 saturated heterocycles. The summed E-state index contributed by atoms with van der Waals surface area (Å²) in [6.07, 6.45) is 0. The summed E-state index contributed by atoms with van der Waals surface area (Å²) < 4.78 is 0.853. The number of hydrogen-bond acceptors (Lipinski definition) is 2. The minimum absolute atomic E-state index is 0.123. The third-order valence-electron chi connectivity index (χ3n) is 1.93. The Morgan fingerprint density at radius 3 is 2.80 bits per heavy atom. The van der Waals surface area contributed by atoms with Gasteiger partial charge in [-0.3, -0.25) is 4.79 Å². The number of rotatable bonds is 3. The summed E-state index contributed by atoms with van der Waals surface area (Å²) in [5.41, 5.74) is 6.73. The van der Waals surface area contributed by atoms with Gasteiger partial charge < -0.3 is 11.1 Å². The van der Waals surface area contributed by atoms with Crippen LogP contribution in [0, 0.1) is 5.92 Å². The molecule has 0 fully saturated rings. The van der Waals surface area contributed by atoms with Crippen molar-refractivity contribution < 1.29 is 4.79 Å². The second-order valence-electron chi connectivity index (χ2n) is 3.84. The largest absolute Gasteiger partial charge is 0.398 e. The van der Waals surface area contributed by atoms with Crippen molar-refractivity contribution in [2.45, 2.75) is 13.8 Å². The Morgan fingerprint density at radius 2 is 2.20 bits per heavy atom. The second kappa shape index (κ2) is 5.16. The summed E-state index contributed by atoms with van der Waals surface area (Å²) in [5.74, 6) is 0.310. The maximum Gasteiger partial charge on any atom is 0.253 e. The zero-order valence-electron chi connectivity index (χ0n) is 8.88. The van der Waals surface area contributed by atoms with Gasteiger partial charge in [0.2, 0.25) is 0 Å². The lowest BCUT2D eigenvalue weighted by Crippen LogP contribution is -2.27. The molecule has 1 aromatic carbocycles. The molecular weight excluding hydrogens is 256 g/mol. The third kappa shape index (κ3) is 3.55. The normalized spacial score (nSPS) is 10.4. The van der Waals surface area contributed by atoms with Crippen molar-refractivity contribution in [1.29, 1.82) is 0 Å². The highest BCUT2D eigenvalue weighted by Gasteiger charge is 2.09. The van der Waals surface area contributed by atoms with E-state index in [4.69, 9.17) is 5.73 Å². The van der Waals surface area contributed by atoms with Crippen LogP contribution in [0.25, 0.3) is 0 Å². The molecule has 15 heavy (non-hydrogen) atoms. The van der Waals surface area contributed by atoms with Crippen molar-refractivity contribution in [3.05, 3.63) is 28.2 Å². The Morgan fingerprint density at radius 1 is 1.53 bits per heavy atom. The van der Waals surface area contributed by atoms with Crippen LogP contribution in [0.15, 0.2) is 22.7 Å². The first-order valence-corrected chi connectivity index (χ1v) is 5.63. The van der Waals surface area contributed by atoms with E-state index in [1.807, 2.05) is 19.9 Å². The lowest BCUT2D eigenvalue weighted by Gasteiger charge is -2.09. The number of anilines is 1. The molecule has 0 bridgehead atoms. The Balaban J connectivity index is 2.77. The smallest absolute Gasteiger partial charge is 0.253 e. The van der Waals surface area contributed by atoms with Crippen molar-refractivity contribution in [2.24, 2.45) is 5.92 Å². The maximum absolute atomic E-state index is 11.7. The first-order chi connectivity index (χ1) is 7.00. The molecule has 0 unspecified atom stereocenters. The minimum atomic E-state index is -0.123. The summed E-state index contributed by atoms with van der Waals surface area (Å²) in [6.45, 7) is 4.75. The van der Waals surface area contributed by atoms with Crippen LogP contribution in [0.2, 0.25) is 0 Å². The molecule has 3 nitrogen and oxygen atoms in total. The molecule has 82 valence electrons. The van der Waals surface area contributed by atoms with Crippen molar-refractivity contribution >= 4 is 27.5 Å². The van der Waals surface area contributed by atoms with E-state index >= 15 is 0 Å². The van der Waals surface area contributed by atoms with E-state index < -0.39 is 0 Å². The second-order valence-corrected chi connectivity index (χ2v) is 4.75. The van der Waals surface area contributed by atoms with Crippen LogP contribution >= 0.6 is 15.9 Å². The fourth-order valence-corrected chi connectivity index (χ4v) is 1.48. The zero-order valence-corrected chi connectivity index (χ0v) is 10.5. The lowest BCUT2D eigenvalue weighted by molar-refractivity contribution is 0.0950. The molecule has 4 heteroatoms. The van der Waals surface area contributed by atoms with E-state index in [1.165, 1.54) is 0 Å². The van der Waals surface area contributed by atoms with Crippen LogP contribution in [0.4, 0.5) is 5.69 Å². The fourth-order valence-electron chi connectivity index (χ4n) is 1.12. The minimum Gasteiger partial charge on any atom is -0.398 e. The topological polar surface area (TPSA) is 55.1 Å². The Bertz CT molecular complexity index is 364. The van der Waals surface area contributed by atoms with Gasteiger partial charge in [0.15, 0.2) is 0 Å². The zero-order chi connectivity index (χ0) is 11.4. The molecule has 0 aliphatic carbocycles. The molecule has 1 amide bonds. The Labute approximate surface area is 98.2 Å². The van der Waals surface area contributed by atoms with E-state index in [0.29, 0.717) is 23.7 Å². The monoisotopic (exact) mass is 270 g/mol. The first-order valence-electron chi connectivity index (χ1n) is 4.84. The SMILES string of the molecule is CC(C)CNC(=O)c1cc(Br)ccc1N. The summed E-state index contributed by atoms with van der Waals surface area (Å²) in [4.78, 5) is 11.7. The first kappa shape index (κ1) is 12.0. The van der Waals surface area contributed by atoms with Gasteiger partial charge in [0.25, 0.3) is 5.91 Å². The lowest BCUT2D eigenvalue weighted by atomic mass is 10.1. The van der Waals surface area contributed by atoms with Crippen LogP contribution in [0.3, 0.4) is 0 Å². The number of halogens is 1. The number of nitrogen functional groups attached to an aromatic ring is 1. The van der Waals surface area contributed by atoms with Gasteiger partial charge in [0, 0.05) is 16.7 Å². The standard InChI is InChI=1S/C11H15BrN2O/c1-7(2)6-14-11(15)9-5-8(12)3-4-10(9)13/h3-5,7H,6,13H2,1-2H3,(H,14,15). The van der Waals surface area contributed by atoms with E-state index in [9.17, 15) is 4.79 Å². The number of amides is 1. The summed E-state index contributed by atoms with van der Waals surface area (Å²) >= 11 is 3.31. The molecular formula is C11H15BrN2O. The molecule has 0 aromatic heterocycles. The average molecular weight is 271 g/mol. The van der Waals surface area contributed by atoms with Gasteiger partial charge in [-0.15, -0.1) is 0 Å². The van der Waals surface area contributed by atoms with Crippen molar-refractivity contribution in [1.82, 2.24) is 5.32 Å². The summed E-state index contributed by atoms with van der Waals surface area (Å²) in [5, 5.41) is 2.83. The van der Waals surface area contributed by atoms with Gasteiger partial charge in [-0.25, -0.2) is 0 Å². The quantitative estimate of drug-likeness (QED) is 0.829. The van der Waals surface area contributed by atoms with Gasteiger partial charge >= 0.3 is 0 Å². The van der Waals surface area contributed by atoms with Crippen LogP contribution in [-0.2, 0) is 0 Å². The number of carbonyl (C=O) groups is 1. The molecule has 0 saturated carbocycles. The maximum atomic E-state index is 11.7. The molecule has 0 atom stereocenters. The highest BCUT2D eigenvalue weighted by molar-refractivity contribution is 9.10. The predicted octanol–water partition coefficient (Wildman–Crippen LogP) is 2.42. The molecule has 0 heterocycles. The molecule has 0 radical (unpaired) electrons. The van der Waals surface area contributed by atoms with E-state index in [1.54, 1.807) is 12.1 Å². The number of carbonyl (C=O) groups excluding carboxylic acids is 1. The highest BCUT2D eigenvalue weighted by atomic mass is 79.9. The summed E-state index contributed by atoms with van der Waals surface area (Å²) in [6, 6.07) is 5.26. The number of nitrogens with two attached hydrogens (primary N) is 1. The van der Waals surface area contributed by atoms with Crippen LogP contribution in [0.5, 0.6) is 0 Å². The molecule has 1 rings (SSSR count). The highest BCUT2D eigenvalue weighted by Crippen LogP contribution is 2.18. The van der Waals surface area contributed by atoms with Gasteiger partial charge in [0.05, 0.1) is 5.56 Å². The number of hydrogen-bond donors (Lipinski definition) is 2. The van der Waals surface area contributed by atoms with Gasteiger partial charge in [-0.1, -0.05) is 29.8 Å². The van der Waals surface area contributed by atoms with Crippen LogP contribution in [0.1, 0.15) is 24.2 Å². The molecule has 0 aliphatic heterocycles. The fraction of sp³-hybridized carbons (Fsp3) is 0.364. The molecule has 0 spiro atoms. The van der Waals surface area contributed by atoms with Crippen LogP contribution < -0.4 is 11.1 Å². The molecule has 3 N–H and O–H groups in total. The van der Waals surface area contributed by atoms with Gasteiger partial charge in [-0.2, -0.15) is 0 Å². The van der Waals surface area contributed by atoms with Crippen molar-refractivity contribution in [3.63, 3.8) is 0 Å². The molecule has 1 aromatic rings. The summed E-state index contributed by atoms with van der Waals surface area (Å²) in [7, 11) is 0. The van der Waals surface area contributed by atoms with Crippen molar-refractivity contribution in [2.75, 3.05) is 12.3 Å². The van der Waals surface area contributed by atoms with E-state index in [-0.39, 0.29) is 5.91 Å². The third-order valence-corrected chi connectivity index (χ3v) is 2.42. The Kier molecular flexibility index (Phi) is 4.15. The predicted molar refractivity (Wildman–Crippen MR) is 65.7 cm³/mol. The van der Waals surface area contributed by atoms with E-state index in [0.717, 1.165) is 4.47 Å². The average Bonchev–Trinajstić information content (AvgIpc) is 2.18. The number of nitrogens with one attached hydrogen (secondary N) is 1. The Hall–Kier alpha value is -1.03. The number of benzene rings is 1.